The molecule has 0 amide bonds. The first-order valence-corrected chi connectivity index (χ1v) is 4.41. The molecule has 0 bridgehead atoms. The topological polar surface area (TPSA) is 56.7 Å². The number of hydrogen-bond acceptors (Lipinski definition) is 3. The van der Waals surface area contributed by atoms with Gasteiger partial charge in [-0.3, -0.25) is 4.98 Å². The van der Waals surface area contributed by atoms with Crippen molar-refractivity contribution in [1.29, 1.82) is 0 Å². The van der Waals surface area contributed by atoms with E-state index in [9.17, 15) is 0 Å². The summed E-state index contributed by atoms with van der Waals surface area (Å²) in [6.45, 7) is 3.96. The van der Waals surface area contributed by atoms with Gasteiger partial charge >= 0.3 is 0 Å². The molecule has 2 N–H and O–H groups in total. The highest BCUT2D eigenvalue weighted by Crippen LogP contribution is 2.12. The lowest BCUT2D eigenvalue weighted by Crippen LogP contribution is -2.00. The lowest BCUT2D eigenvalue weighted by Gasteiger charge is -2.03. The van der Waals surface area contributed by atoms with Crippen LogP contribution in [0.2, 0.25) is 0 Å². The van der Waals surface area contributed by atoms with Crippen LogP contribution in [0.4, 0.5) is 5.82 Å². The maximum absolute atomic E-state index is 5.60. The second-order valence-electron chi connectivity index (χ2n) is 3.34. The largest absolute Gasteiger partial charge is 0.382 e. The molecule has 0 fully saturated rings. The molecule has 0 aromatic carbocycles. The number of aryl methyl sites for hydroxylation is 2. The predicted molar refractivity (Wildman–Crippen MR) is 55.2 cm³/mol. The fourth-order valence-corrected chi connectivity index (χ4v) is 1.41. The van der Waals surface area contributed by atoms with Gasteiger partial charge in [-0.05, 0) is 25.5 Å². The van der Waals surface area contributed by atoms with Crippen molar-refractivity contribution in [1.82, 2.24) is 14.8 Å². The van der Waals surface area contributed by atoms with Crippen LogP contribution in [0.15, 0.2) is 24.5 Å². The number of nitrogens with zero attached hydrogens (tertiary/aromatic N) is 3. The molecule has 2 rings (SSSR count). The number of rotatable bonds is 1. The van der Waals surface area contributed by atoms with Crippen molar-refractivity contribution in [3.8, 4) is 5.69 Å². The van der Waals surface area contributed by atoms with Crippen LogP contribution in [0.25, 0.3) is 5.69 Å². The van der Waals surface area contributed by atoms with Gasteiger partial charge in [-0.15, -0.1) is 0 Å². The molecule has 2 heterocycles. The zero-order valence-electron chi connectivity index (χ0n) is 8.23. The fraction of sp³-hybridized carbons (Fsp3) is 0.200. The first-order chi connectivity index (χ1) is 6.66. The van der Waals surface area contributed by atoms with Gasteiger partial charge in [0.25, 0.3) is 0 Å². The van der Waals surface area contributed by atoms with Crippen LogP contribution in [0.3, 0.4) is 0 Å². The quantitative estimate of drug-likeness (QED) is 0.737. The summed E-state index contributed by atoms with van der Waals surface area (Å²) in [5, 5.41) is 4.18. The molecule has 0 aliphatic heterocycles. The number of nitrogen functional groups attached to an aromatic ring is 1. The van der Waals surface area contributed by atoms with Gasteiger partial charge in [-0.25, -0.2) is 4.68 Å². The molecule has 72 valence electrons. The Hall–Kier alpha value is -1.84. The van der Waals surface area contributed by atoms with Gasteiger partial charge < -0.3 is 5.73 Å². The molecule has 0 spiro atoms. The average Bonchev–Trinajstić information content (AvgIpc) is 2.45. The Balaban J connectivity index is 2.54. The van der Waals surface area contributed by atoms with Gasteiger partial charge in [-0.2, -0.15) is 5.10 Å². The SMILES string of the molecule is Cc1cncc(-n2nc(N)cc2C)c1. The van der Waals surface area contributed by atoms with Crippen LogP contribution >= 0.6 is 0 Å². The average molecular weight is 188 g/mol. The third-order valence-corrected chi connectivity index (χ3v) is 2.01. The fourth-order valence-electron chi connectivity index (χ4n) is 1.41. The van der Waals surface area contributed by atoms with Gasteiger partial charge in [0, 0.05) is 18.0 Å². The third-order valence-electron chi connectivity index (χ3n) is 2.01. The van der Waals surface area contributed by atoms with Gasteiger partial charge in [0.1, 0.15) is 5.82 Å². The molecule has 0 unspecified atom stereocenters. The van der Waals surface area contributed by atoms with E-state index in [0.29, 0.717) is 5.82 Å². The van der Waals surface area contributed by atoms with Crippen molar-refractivity contribution < 1.29 is 0 Å². The minimum atomic E-state index is 0.531. The molecule has 2 aromatic heterocycles. The van der Waals surface area contributed by atoms with Crippen molar-refractivity contribution in [3.63, 3.8) is 0 Å². The highest BCUT2D eigenvalue weighted by Gasteiger charge is 2.03. The summed E-state index contributed by atoms with van der Waals surface area (Å²) >= 11 is 0. The first kappa shape index (κ1) is 8.74. The molecule has 0 atom stereocenters. The monoisotopic (exact) mass is 188 g/mol. The number of aromatic nitrogens is 3. The summed E-state index contributed by atoms with van der Waals surface area (Å²) in [6.07, 6.45) is 3.58. The normalized spacial score (nSPS) is 10.4. The Kier molecular flexibility index (Phi) is 1.96. The van der Waals surface area contributed by atoms with E-state index in [1.54, 1.807) is 10.9 Å². The summed E-state index contributed by atoms with van der Waals surface area (Å²) in [5.74, 6) is 0.531. The minimum Gasteiger partial charge on any atom is -0.382 e. The van der Waals surface area contributed by atoms with E-state index in [-0.39, 0.29) is 0 Å². The Labute approximate surface area is 82.4 Å². The second kappa shape index (κ2) is 3.14. The van der Waals surface area contributed by atoms with Gasteiger partial charge in [0.15, 0.2) is 0 Å². The van der Waals surface area contributed by atoms with Gasteiger partial charge in [0.05, 0.1) is 11.9 Å². The molecule has 0 radical (unpaired) electrons. The van der Waals surface area contributed by atoms with Crippen molar-refractivity contribution in [2.45, 2.75) is 13.8 Å². The summed E-state index contributed by atoms with van der Waals surface area (Å²) in [4.78, 5) is 4.11. The predicted octanol–water partition coefficient (Wildman–Crippen LogP) is 1.47. The standard InChI is InChI=1S/C10H12N4/c1-7-3-9(6-12-5-7)14-8(2)4-10(11)13-14/h3-6H,1-2H3,(H2,11,13). The zero-order chi connectivity index (χ0) is 10.1. The van der Waals surface area contributed by atoms with E-state index in [1.807, 2.05) is 32.2 Å². The van der Waals surface area contributed by atoms with Gasteiger partial charge in [0.2, 0.25) is 0 Å². The maximum atomic E-state index is 5.60. The summed E-state index contributed by atoms with van der Waals surface area (Å²) in [7, 11) is 0. The molecule has 0 saturated carbocycles. The van der Waals surface area contributed by atoms with Crippen molar-refractivity contribution in [2.24, 2.45) is 0 Å². The first-order valence-electron chi connectivity index (χ1n) is 4.41. The number of anilines is 1. The van der Waals surface area contributed by atoms with E-state index in [2.05, 4.69) is 10.1 Å². The summed E-state index contributed by atoms with van der Waals surface area (Å²) < 4.78 is 1.79. The van der Waals surface area contributed by atoms with Crippen LogP contribution in [0.1, 0.15) is 11.3 Å². The minimum absolute atomic E-state index is 0.531. The maximum Gasteiger partial charge on any atom is 0.146 e. The lowest BCUT2D eigenvalue weighted by molar-refractivity contribution is 0.844. The van der Waals surface area contributed by atoms with E-state index in [0.717, 1.165) is 16.9 Å². The Morgan fingerprint density at radius 3 is 2.57 bits per heavy atom. The molecular formula is C10H12N4. The molecule has 0 saturated heterocycles. The molecule has 0 aliphatic rings. The lowest BCUT2D eigenvalue weighted by atomic mass is 10.3. The molecule has 0 aliphatic carbocycles. The van der Waals surface area contributed by atoms with Crippen LogP contribution in [-0.2, 0) is 0 Å². The molecule has 4 nitrogen and oxygen atoms in total. The molecule has 4 heteroatoms. The number of hydrogen-bond donors (Lipinski definition) is 1. The smallest absolute Gasteiger partial charge is 0.146 e. The number of nitrogens with two attached hydrogens (primary N) is 1. The van der Waals surface area contributed by atoms with E-state index >= 15 is 0 Å². The highest BCUT2D eigenvalue weighted by molar-refractivity contribution is 5.38. The van der Waals surface area contributed by atoms with E-state index in [4.69, 9.17) is 5.73 Å². The molecular weight excluding hydrogens is 176 g/mol. The van der Waals surface area contributed by atoms with E-state index in [1.165, 1.54) is 0 Å². The van der Waals surface area contributed by atoms with Crippen LogP contribution in [0.5, 0.6) is 0 Å². The summed E-state index contributed by atoms with van der Waals surface area (Å²) in [5.41, 5.74) is 8.66. The van der Waals surface area contributed by atoms with Crippen LogP contribution in [-0.4, -0.2) is 14.8 Å². The van der Waals surface area contributed by atoms with E-state index < -0.39 is 0 Å². The van der Waals surface area contributed by atoms with Crippen molar-refractivity contribution in [3.05, 3.63) is 35.8 Å². The Morgan fingerprint density at radius 2 is 2.00 bits per heavy atom. The van der Waals surface area contributed by atoms with Crippen molar-refractivity contribution >= 4 is 5.82 Å². The molecule has 2 aromatic rings. The second-order valence-corrected chi connectivity index (χ2v) is 3.34. The van der Waals surface area contributed by atoms with Crippen LogP contribution in [0, 0.1) is 13.8 Å². The number of pyridine rings is 1. The highest BCUT2D eigenvalue weighted by atomic mass is 15.3. The third kappa shape index (κ3) is 1.46. The molecule has 14 heavy (non-hydrogen) atoms. The zero-order valence-corrected chi connectivity index (χ0v) is 8.23. The Morgan fingerprint density at radius 1 is 1.21 bits per heavy atom. The van der Waals surface area contributed by atoms with Crippen LogP contribution < -0.4 is 5.73 Å². The van der Waals surface area contributed by atoms with Gasteiger partial charge in [-0.1, -0.05) is 0 Å². The Bertz CT molecular complexity index is 459. The summed E-state index contributed by atoms with van der Waals surface area (Å²) in [6, 6.07) is 3.86. The van der Waals surface area contributed by atoms with Crippen molar-refractivity contribution in [2.75, 3.05) is 5.73 Å².